The van der Waals surface area contributed by atoms with E-state index in [1.165, 1.54) is 7.11 Å². The fourth-order valence-corrected chi connectivity index (χ4v) is 2.00. The smallest absolute Gasteiger partial charge is 0.337 e. The van der Waals surface area contributed by atoms with E-state index in [-0.39, 0.29) is 17.8 Å². The number of nitrogens with two attached hydrogens (primary N) is 2. The highest BCUT2D eigenvalue weighted by Gasteiger charge is 2.16. The fraction of sp³-hybridized carbons (Fsp3) is 0.500. The SMILES string of the molecule is COC(=O)c1cc(CC(C)N)c(O)c(CC(C)N)c1. The molecule has 0 aliphatic heterocycles. The number of esters is 1. The van der Waals surface area contributed by atoms with Crippen molar-refractivity contribution in [3.63, 3.8) is 0 Å². The second-order valence-corrected chi connectivity index (χ2v) is 5.00. The van der Waals surface area contributed by atoms with E-state index in [4.69, 9.17) is 16.2 Å². The Morgan fingerprint density at radius 3 is 1.95 bits per heavy atom. The van der Waals surface area contributed by atoms with Crippen LogP contribution < -0.4 is 11.5 Å². The fourth-order valence-electron chi connectivity index (χ4n) is 2.00. The quantitative estimate of drug-likeness (QED) is 0.689. The zero-order chi connectivity index (χ0) is 14.6. The summed E-state index contributed by atoms with van der Waals surface area (Å²) in [6, 6.07) is 3.02. The Balaban J connectivity index is 3.25. The minimum atomic E-state index is -0.433. The van der Waals surface area contributed by atoms with Gasteiger partial charge in [-0.2, -0.15) is 0 Å². The molecule has 0 bridgehead atoms. The lowest BCUT2D eigenvalue weighted by Crippen LogP contribution is -2.20. The Morgan fingerprint density at radius 2 is 1.63 bits per heavy atom. The highest BCUT2D eigenvalue weighted by Crippen LogP contribution is 2.27. The molecule has 0 saturated heterocycles. The molecule has 2 atom stereocenters. The average molecular weight is 266 g/mol. The summed E-state index contributed by atoms with van der Waals surface area (Å²) >= 11 is 0. The van der Waals surface area contributed by atoms with Crippen molar-refractivity contribution in [3.05, 3.63) is 28.8 Å². The van der Waals surface area contributed by atoms with Crippen molar-refractivity contribution < 1.29 is 14.6 Å². The van der Waals surface area contributed by atoms with E-state index >= 15 is 0 Å². The van der Waals surface area contributed by atoms with Crippen LogP contribution in [0.5, 0.6) is 5.75 Å². The van der Waals surface area contributed by atoms with Gasteiger partial charge in [0.15, 0.2) is 0 Å². The minimum Gasteiger partial charge on any atom is -0.507 e. The van der Waals surface area contributed by atoms with E-state index in [9.17, 15) is 9.90 Å². The molecule has 5 nitrogen and oxygen atoms in total. The minimum absolute atomic E-state index is 0.109. The van der Waals surface area contributed by atoms with Crippen LogP contribution >= 0.6 is 0 Å². The Bertz CT molecular complexity index is 425. The van der Waals surface area contributed by atoms with Gasteiger partial charge in [0, 0.05) is 12.1 Å². The molecule has 2 unspecified atom stereocenters. The van der Waals surface area contributed by atoms with Gasteiger partial charge in [0.1, 0.15) is 5.75 Å². The van der Waals surface area contributed by atoms with Crippen LogP contribution in [-0.2, 0) is 17.6 Å². The van der Waals surface area contributed by atoms with E-state index in [1.54, 1.807) is 12.1 Å². The summed E-state index contributed by atoms with van der Waals surface area (Å²) in [4.78, 5) is 11.6. The van der Waals surface area contributed by atoms with E-state index in [2.05, 4.69) is 0 Å². The molecule has 0 fully saturated rings. The number of ether oxygens (including phenoxy) is 1. The normalized spacial score (nSPS) is 13.9. The van der Waals surface area contributed by atoms with Crippen molar-refractivity contribution in [2.75, 3.05) is 7.11 Å². The summed E-state index contributed by atoms with van der Waals surface area (Å²) in [7, 11) is 1.33. The molecule has 1 rings (SSSR count). The molecule has 106 valence electrons. The van der Waals surface area contributed by atoms with Crippen molar-refractivity contribution in [2.24, 2.45) is 11.5 Å². The highest BCUT2D eigenvalue weighted by molar-refractivity contribution is 5.90. The first-order valence-electron chi connectivity index (χ1n) is 6.29. The van der Waals surface area contributed by atoms with Crippen LogP contribution in [0.3, 0.4) is 0 Å². The van der Waals surface area contributed by atoms with Gasteiger partial charge in [-0.3, -0.25) is 0 Å². The first kappa shape index (κ1) is 15.5. The van der Waals surface area contributed by atoms with Gasteiger partial charge in [-0.1, -0.05) is 0 Å². The second kappa shape index (κ2) is 6.54. The van der Waals surface area contributed by atoms with Crippen LogP contribution in [0.1, 0.15) is 35.3 Å². The number of hydrogen-bond donors (Lipinski definition) is 3. The molecule has 5 N–H and O–H groups in total. The number of phenolic OH excluding ortho intramolecular Hbond substituents is 1. The molecule has 0 radical (unpaired) electrons. The third-order valence-electron chi connectivity index (χ3n) is 2.77. The van der Waals surface area contributed by atoms with E-state index in [1.807, 2.05) is 13.8 Å². The van der Waals surface area contributed by atoms with Crippen LogP contribution in [0.25, 0.3) is 0 Å². The standard InChI is InChI=1S/C14H22N2O3/c1-8(15)4-10-6-12(14(18)19-3)7-11(13(10)17)5-9(2)16/h6-9,17H,4-5,15-16H2,1-3H3. The van der Waals surface area contributed by atoms with Crippen molar-refractivity contribution in [1.29, 1.82) is 0 Å². The van der Waals surface area contributed by atoms with Gasteiger partial charge in [0.25, 0.3) is 0 Å². The lowest BCUT2D eigenvalue weighted by Gasteiger charge is -2.15. The molecule has 0 spiro atoms. The molecule has 0 saturated carbocycles. The van der Waals surface area contributed by atoms with Crippen molar-refractivity contribution >= 4 is 5.97 Å². The topological polar surface area (TPSA) is 98.6 Å². The van der Waals surface area contributed by atoms with Crippen LogP contribution in [0, 0.1) is 0 Å². The molecular formula is C14H22N2O3. The molecule has 1 aromatic rings. The third kappa shape index (κ3) is 4.22. The number of carbonyl (C=O) groups is 1. The zero-order valence-corrected chi connectivity index (χ0v) is 11.6. The summed E-state index contributed by atoms with van der Waals surface area (Å²) in [6.07, 6.45) is 0.977. The van der Waals surface area contributed by atoms with Crippen LogP contribution in [0.4, 0.5) is 0 Å². The third-order valence-corrected chi connectivity index (χ3v) is 2.77. The van der Waals surface area contributed by atoms with Crippen molar-refractivity contribution in [2.45, 2.75) is 38.8 Å². The maximum Gasteiger partial charge on any atom is 0.337 e. The van der Waals surface area contributed by atoms with Gasteiger partial charge in [0.2, 0.25) is 0 Å². The summed E-state index contributed by atoms with van der Waals surface area (Å²) in [5, 5.41) is 10.2. The summed E-state index contributed by atoms with van der Waals surface area (Å²) in [6.45, 7) is 3.69. The predicted octanol–water partition coefficient (Wildman–Crippen LogP) is 0.958. The lowest BCUT2D eigenvalue weighted by atomic mass is 9.96. The highest BCUT2D eigenvalue weighted by atomic mass is 16.5. The molecular weight excluding hydrogens is 244 g/mol. The predicted molar refractivity (Wildman–Crippen MR) is 74.2 cm³/mol. The first-order valence-corrected chi connectivity index (χ1v) is 6.29. The number of carbonyl (C=O) groups excluding carboxylic acids is 1. The Morgan fingerprint density at radius 1 is 1.21 bits per heavy atom. The molecule has 0 aliphatic carbocycles. The van der Waals surface area contributed by atoms with Gasteiger partial charge < -0.3 is 21.3 Å². The molecule has 0 amide bonds. The monoisotopic (exact) mass is 266 g/mol. The van der Waals surface area contributed by atoms with E-state index in [0.717, 1.165) is 0 Å². The molecule has 5 heteroatoms. The zero-order valence-electron chi connectivity index (χ0n) is 11.6. The van der Waals surface area contributed by atoms with Crippen LogP contribution in [0.2, 0.25) is 0 Å². The molecule has 0 heterocycles. The number of methoxy groups -OCH3 is 1. The summed E-state index contributed by atoms with van der Waals surface area (Å²) in [5.41, 5.74) is 13.2. The average Bonchev–Trinajstić information content (AvgIpc) is 2.31. The second-order valence-electron chi connectivity index (χ2n) is 5.00. The maximum absolute atomic E-state index is 11.6. The Kier molecular flexibility index (Phi) is 5.32. The summed E-state index contributed by atoms with van der Waals surface area (Å²) in [5.74, 6) is -0.265. The number of phenols is 1. The largest absolute Gasteiger partial charge is 0.507 e. The van der Waals surface area contributed by atoms with Crippen molar-refractivity contribution in [3.8, 4) is 5.75 Å². The van der Waals surface area contributed by atoms with Gasteiger partial charge >= 0.3 is 5.97 Å². The number of hydrogen-bond acceptors (Lipinski definition) is 5. The Labute approximate surface area is 113 Å². The molecule has 0 aliphatic rings. The molecule has 1 aromatic carbocycles. The number of benzene rings is 1. The summed E-state index contributed by atoms with van der Waals surface area (Å²) < 4.78 is 4.71. The van der Waals surface area contributed by atoms with E-state index < -0.39 is 5.97 Å². The van der Waals surface area contributed by atoms with E-state index in [0.29, 0.717) is 29.5 Å². The first-order chi connectivity index (χ1) is 8.85. The van der Waals surface area contributed by atoms with Crippen LogP contribution in [0.15, 0.2) is 12.1 Å². The Hall–Kier alpha value is -1.59. The number of aromatic hydroxyl groups is 1. The molecule has 19 heavy (non-hydrogen) atoms. The maximum atomic E-state index is 11.6. The van der Waals surface area contributed by atoms with Gasteiger partial charge in [-0.05, 0) is 49.9 Å². The lowest BCUT2D eigenvalue weighted by molar-refractivity contribution is 0.0600. The van der Waals surface area contributed by atoms with Crippen molar-refractivity contribution in [1.82, 2.24) is 0 Å². The molecule has 0 aromatic heterocycles. The van der Waals surface area contributed by atoms with Gasteiger partial charge in [-0.25, -0.2) is 4.79 Å². The van der Waals surface area contributed by atoms with Gasteiger partial charge in [-0.15, -0.1) is 0 Å². The number of rotatable bonds is 5. The van der Waals surface area contributed by atoms with Gasteiger partial charge in [0.05, 0.1) is 12.7 Å². The van der Waals surface area contributed by atoms with Crippen LogP contribution in [-0.4, -0.2) is 30.3 Å².